The second-order valence-electron chi connectivity index (χ2n) is 5.61. The average molecular weight is 365 g/mol. The zero-order valence-corrected chi connectivity index (χ0v) is 14.0. The molecule has 0 aliphatic rings. The number of non-ortho nitro benzene ring substituents is 1. The molecule has 3 rings (SSSR count). The first-order valence-corrected chi connectivity index (χ1v) is 7.90. The molecule has 1 aromatic heterocycles. The summed E-state index contributed by atoms with van der Waals surface area (Å²) in [5.74, 6) is -0.317. The van der Waals surface area contributed by atoms with E-state index in [1.165, 1.54) is 30.5 Å². The third-order valence-corrected chi connectivity index (χ3v) is 3.64. The van der Waals surface area contributed by atoms with Crippen molar-refractivity contribution in [3.63, 3.8) is 0 Å². The van der Waals surface area contributed by atoms with E-state index in [2.05, 4.69) is 15.6 Å². The van der Waals surface area contributed by atoms with Crippen LogP contribution in [0.2, 0.25) is 0 Å². The Balaban J connectivity index is 1.58. The summed E-state index contributed by atoms with van der Waals surface area (Å²) in [6.07, 6.45) is 3.09. The van der Waals surface area contributed by atoms with Crippen LogP contribution in [-0.2, 0) is 6.54 Å². The van der Waals surface area contributed by atoms with Crippen LogP contribution in [-0.4, -0.2) is 31.9 Å². The fourth-order valence-corrected chi connectivity index (χ4v) is 2.26. The van der Waals surface area contributed by atoms with E-state index in [9.17, 15) is 20.0 Å². The lowest BCUT2D eigenvalue weighted by Crippen LogP contribution is -2.18. The molecular weight excluding hydrogens is 350 g/mol. The first-order valence-electron chi connectivity index (χ1n) is 7.90. The molecule has 2 N–H and O–H groups in total. The Kier molecular flexibility index (Phi) is 5.22. The van der Waals surface area contributed by atoms with Gasteiger partial charge in [0, 0.05) is 18.3 Å². The summed E-state index contributed by atoms with van der Waals surface area (Å²) >= 11 is 0. The quantitative estimate of drug-likeness (QED) is 0.394. The first-order chi connectivity index (χ1) is 13.0. The van der Waals surface area contributed by atoms with Crippen LogP contribution in [0, 0.1) is 10.1 Å². The zero-order chi connectivity index (χ0) is 19.2. The van der Waals surface area contributed by atoms with E-state index < -0.39 is 10.8 Å². The molecule has 3 aromatic rings. The van der Waals surface area contributed by atoms with Gasteiger partial charge >= 0.3 is 0 Å². The van der Waals surface area contributed by atoms with Crippen molar-refractivity contribution >= 4 is 17.8 Å². The van der Waals surface area contributed by atoms with Crippen LogP contribution in [0.25, 0.3) is 0 Å². The van der Waals surface area contributed by atoms with Crippen LogP contribution in [0.3, 0.4) is 0 Å². The van der Waals surface area contributed by atoms with Gasteiger partial charge in [0.25, 0.3) is 11.6 Å². The SMILES string of the molecule is O=C(NN=Cc1ccc(O)cc1)c1ccn(Cc2ccc([N+](=O)[O-])cc2)n1. The fraction of sp³-hybridized carbons (Fsp3) is 0.0556. The Morgan fingerprint density at radius 2 is 1.89 bits per heavy atom. The Morgan fingerprint density at radius 3 is 2.56 bits per heavy atom. The third kappa shape index (κ3) is 4.75. The normalized spacial score (nSPS) is 10.8. The van der Waals surface area contributed by atoms with Gasteiger partial charge in [0.2, 0.25) is 0 Å². The molecule has 27 heavy (non-hydrogen) atoms. The first kappa shape index (κ1) is 17.8. The summed E-state index contributed by atoms with van der Waals surface area (Å²) in [4.78, 5) is 22.3. The van der Waals surface area contributed by atoms with Gasteiger partial charge in [-0.3, -0.25) is 19.6 Å². The molecular formula is C18H15N5O4. The maximum Gasteiger partial charge on any atom is 0.291 e. The summed E-state index contributed by atoms with van der Waals surface area (Å²) in [5, 5.41) is 27.9. The van der Waals surface area contributed by atoms with Crippen molar-refractivity contribution < 1.29 is 14.8 Å². The number of phenols is 1. The minimum absolute atomic E-state index is 0.0192. The molecule has 0 aliphatic heterocycles. The van der Waals surface area contributed by atoms with Crippen molar-refractivity contribution in [2.24, 2.45) is 5.10 Å². The molecule has 0 atom stereocenters. The number of nitrogens with zero attached hydrogens (tertiary/aromatic N) is 4. The predicted octanol–water partition coefficient (Wildman–Crippen LogP) is 2.31. The molecule has 0 fully saturated rings. The summed E-state index contributed by atoms with van der Waals surface area (Å²) in [6.45, 7) is 0.377. The Morgan fingerprint density at radius 1 is 1.19 bits per heavy atom. The van der Waals surface area contributed by atoms with Crippen LogP contribution >= 0.6 is 0 Å². The second kappa shape index (κ2) is 7.91. The standard InChI is InChI=1S/C18H15N5O4/c24-16-7-3-13(4-8-16)11-19-20-18(25)17-9-10-22(21-17)12-14-1-5-15(6-2-14)23(26)27/h1-11,24H,12H2,(H,20,25). The number of carbonyl (C=O) groups is 1. The molecule has 0 bridgehead atoms. The number of hydrazone groups is 1. The molecule has 9 heteroatoms. The highest BCUT2D eigenvalue weighted by Gasteiger charge is 2.09. The minimum atomic E-state index is -0.465. The highest BCUT2D eigenvalue weighted by Crippen LogP contribution is 2.13. The molecule has 136 valence electrons. The number of aromatic hydroxyl groups is 1. The molecule has 1 heterocycles. The minimum Gasteiger partial charge on any atom is -0.508 e. The zero-order valence-electron chi connectivity index (χ0n) is 14.0. The molecule has 0 spiro atoms. The van der Waals surface area contributed by atoms with Gasteiger partial charge in [-0.1, -0.05) is 12.1 Å². The number of hydrogen-bond donors (Lipinski definition) is 2. The van der Waals surface area contributed by atoms with E-state index in [4.69, 9.17) is 0 Å². The lowest BCUT2D eigenvalue weighted by Gasteiger charge is -2.01. The van der Waals surface area contributed by atoms with Gasteiger partial charge in [-0.2, -0.15) is 10.2 Å². The highest BCUT2D eigenvalue weighted by molar-refractivity contribution is 5.93. The molecule has 0 saturated heterocycles. The van der Waals surface area contributed by atoms with Gasteiger partial charge in [-0.05, 0) is 41.5 Å². The summed E-state index contributed by atoms with van der Waals surface area (Å²) < 4.78 is 1.56. The molecule has 1 amide bonds. The molecule has 0 aliphatic carbocycles. The number of nitro groups is 1. The summed E-state index contributed by atoms with van der Waals surface area (Å²) in [7, 11) is 0. The largest absolute Gasteiger partial charge is 0.508 e. The molecule has 9 nitrogen and oxygen atoms in total. The number of hydrogen-bond acceptors (Lipinski definition) is 6. The number of carbonyl (C=O) groups excluding carboxylic acids is 1. The van der Waals surface area contributed by atoms with Gasteiger partial charge in [0.15, 0.2) is 5.69 Å². The van der Waals surface area contributed by atoms with Gasteiger partial charge in [-0.25, -0.2) is 5.43 Å². The van der Waals surface area contributed by atoms with E-state index in [0.717, 1.165) is 11.1 Å². The highest BCUT2D eigenvalue weighted by atomic mass is 16.6. The molecule has 2 aromatic carbocycles. The van der Waals surface area contributed by atoms with Crippen LogP contribution in [0.15, 0.2) is 65.9 Å². The molecule has 0 unspecified atom stereocenters. The number of benzene rings is 2. The van der Waals surface area contributed by atoms with Crippen molar-refractivity contribution in [2.45, 2.75) is 6.54 Å². The van der Waals surface area contributed by atoms with Crippen molar-refractivity contribution in [1.29, 1.82) is 0 Å². The van der Waals surface area contributed by atoms with E-state index >= 15 is 0 Å². The van der Waals surface area contributed by atoms with Crippen LogP contribution < -0.4 is 5.43 Å². The Hall–Kier alpha value is -4.01. The number of amides is 1. The average Bonchev–Trinajstić information content (AvgIpc) is 3.12. The summed E-state index contributed by atoms with van der Waals surface area (Å²) in [6, 6.07) is 14.0. The van der Waals surface area contributed by atoms with Gasteiger partial charge in [0.05, 0.1) is 17.7 Å². The number of aromatic nitrogens is 2. The van der Waals surface area contributed by atoms with Gasteiger partial charge in [-0.15, -0.1) is 0 Å². The topological polar surface area (TPSA) is 123 Å². The second-order valence-corrected chi connectivity index (χ2v) is 5.61. The molecule has 0 radical (unpaired) electrons. The van der Waals surface area contributed by atoms with Gasteiger partial charge < -0.3 is 5.11 Å². The number of nitrogens with one attached hydrogen (secondary N) is 1. The maximum absolute atomic E-state index is 12.1. The van der Waals surface area contributed by atoms with Crippen LogP contribution in [0.4, 0.5) is 5.69 Å². The number of rotatable bonds is 6. The Labute approximate surface area is 153 Å². The number of nitro benzene ring substituents is 1. The third-order valence-electron chi connectivity index (χ3n) is 3.64. The fourth-order valence-electron chi connectivity index (χ4n) is 2.26. The van der Waals surface area contributed by atoms with Crippen molar-refractivity contribution in [3.05, 3.63) is 87.7 Å². The maximum atomic E-state index is 12.1. The number of phenolic OH excluding ortho intramolecular Hbond substituents is 1. The lowest BCUT2D eigenvalue weighted by molar-refractivity contribution is -0.384. The van der Waals surface area contributed by atoms with Gasteiger partial charge in [0.1, 0.15) is 5.75 Å². The van der Waals surface area contributed by atoms with Crippen molar-refractivity contribution in [3.8, 4) is 5.75 Å². The van der Waals surface area contributed by atoms with Crippen LogP contribution in [0.1, 0.15) is 21.6 Å². The monoisotopic (exact) mass is 365 g/mol. The van der Waals surface area contributed by atoms with E-state index in [1.54, 1.807) is 41.2 Å². The van der Waals surface area contributed by atoms with Crippen molar-refractivity contribution in [2.75, 3.05) is 0 Å². The van der Waals surface area contributed by atoms with E-state index in [1.807, 2.05) is 0 Å². The van der Waals surface area contributed by atoms with E-state index in [-0.39, 0.29) is 17.1 Å². The Bertz CT molecular complexity index is 978. The predicted molar refractivity (Wildman–Crippen MR) is 97.6 cm³/mol. The van der Waals surface area contributed by atoms with E-state index in [0.29, 0.717) is 6.54 Å². The van der Waals surface area contributed by atoms with Crippen LogP contribution in [0.5, 0.6) is 5.75 Å². The summed E-state index contributed by atoms with van der Waals surface area (Å²) in [5.41, 5.74) is 4.13. The van der Waals surface area contributed by atoms with Crippen molar-refractivity contribution in [1.82, 2.24) is 15.2 Å². The lowest BCUT2D eigenvalue weighted by atomic mass is 10.2. The molecule has 0 saturated carbocycles. The smallest absolute Gasteiger partial charge is 0.291 e.